The molecular formula is C27H31NO6. The average Bonchev–Trinajstić information content (AvgIpc) is 3.02. The van der Waals surface area contributed by atoms with E-state index in [4.69, 9.17) is 9.47 Å². The number of methoxy groups -OCH3 is 1. The maximum Gasteiger partial charge on any atom is 0.308 e. The van der Waals surface area contributed by atoms with Crippen LogP contribution >= 0.6 is 0 Å². The third-order valence-electron chi connectivity index (χ3n) is 5.76. The molecule has 1 aliphatic heterocycles. The first-order valence-corrected chi connectivity index (χ1v) is 11.2. The van der Waals surface area contributed by atoms with Crippen molar-refractivity contribution in [3.05, 3.63) is 64.7 Å². The maximum atomic E-state index is 13.2. The van der Waals surface area contributed by atoms with Gasteiger partial charge in [0.25, 0.3) is 11.7 Å². The molecule has 0 aliphatic carbocycles. The molecule has 1 amide bonds. The van der Waals surface area contributed by atoms with Gasteiger partial charge in [0.1, 0.15) is 17.3 Å². The van der Waals surface area contributed by atoms with Gasteiger partial charge in [0.2, 0.25) is 0 Å². The van der Waals surface area contributed by atoms with Crippen molar-refractivity contribution in [3.8, 4) is 11.5 Å². The van der Waals surface area contributed by atoms with Gasteiger partial charge in [-0.25, -0.2) is 0 Å². The molecule has 0 spiro atoms. The molecule has 1 heterocycles. The van der Waals surface area contributed by atoms with Crippen molar-refractivity contribution < 1.29 is 29.0 Å². The molecule has 0 aromatic heterocycles. The van der Waals surface area contributed by atoms with Crippen LogP contribution in [0, 0.1) is 0 Å². The predicted octanol–water partition coefficient (Wildman–Crippen LogP) is 4.75. The smallest absolute Gasteiger partial charge is 0.308 e. The van der Waals surface area contributed by atoms with Gasteiger partial charge in [-0.2, -0.15) is 0 Å². The maximum absolute atomic E-state index is 13.2. The van der Waals surface area contributed by atoms with Crippen LogP contribution in [0.5, 0.6) is 11.5 Å². The Bertz CT molecular complexity index is 1160. The van der Waals surface area contributed by atoms with Crippen molar-refractivity contribution in [3.63, 3.8) is 0 Å². The number of hydrogen-bond acceptors (Lipinski definition) is 6. The molecule has 34 heavy (non-hydrogen) atoms. The summed E-state index contributed by atoms with van der Waals surface area (Å²) in [7, 11) is 1.48. The molecule has 1 unspecified atom stereocenters. The number of nitrogens with zero attached hydrogens (tertiary/aromatic N) is 1. The van der Waals surface area contributed by atoms with Crippen LogP contribution in [0.1, 0.15) is 63.8 Å². The Morgan fingerprint density at radius 2 is 1.82 bits per heavy atom. The summed E-state index contributed by atoms with van der Waals surface area (Å²) >= 11 is 0. The monoisotopic (exact) mass is 465 g/mol. The highest BCUT2D eigenvalue weighted by atomic mass is 16.5. The van der Waals surface area contributed by atoms with Crippen LogP contribution in [0.3, 0.4) is 0 Å². The Labute approximate surface area is 200 Å². The van der Waals surface area contributed by atoms with E-state index in [1.54, 1.807) is 36.4 Å². The van der Waals surface area contributed by atoms with Gasteiger partial charge < -0.3 is 19.5 Å². The van der Waals surface area contributed by atoms with Crippen LogP contribution in [0.4, 0.5) is 0 Å². The second-order valence-corrected chi connectivity index (χ2v) is 9.32. The van der Waals surface area contributed by atoms with Crippen LogP contribution in [0.15, 0.2) is 48.0 Å². The molecule has 2 aromatic carbocycles. The van der Waals surface area contributed by atoms with Crippen molar-refractivity contribution in [1.82, 2.24) is 4.90 Å². The Morgan fingerprint density at radius 3 is 2.41 bits per heavy atom. The molecule has 1 fully saturated rings. The fourth-order valence-electron chi connectivity index (χ4n) is 4.12. The predicted molar refractivity (Wildman–Crippen MR) is 129 cm³/mol. The lowest BCUT2D eigenvalue weighted by atomic mass is 9.85. The lowest BCUT2D eigenvalue weighted by molar-refractivity contribution is -0.139. The number of benzene rings is 2. The van der Waals surface area contributed by atoms with Crippen LogP contribution in [0.2, 0.25) is 0 Å². The van der Waals surface area contributed by atoms with Crippen molar-refractivity contribution in [2.45, 2.75) is 52.5 Å². The molecule has 0 saturated carbocycles. The number of amides is 1. The lowest BCUT2D eigenvalue weighted by Gasteiger charge is -2.25. The average molecular weight is 466 g/mol. The van der Waals surface area contributed by atoms with E-state index >= 15 is 0 Å². The van der Waals surface area contributed by atoms with Gasteiger partial charge in [-0.1, -0.05) is 45.9 Å². The van der Waals surface area contributed by atoms with Crippen molar-refractivity contribution in [2.24, 2.45) is 0 Å². The number of likely N-dealkylation sites (tertiary alicyclic amines) is 1. The summed E-state index contributed by atoms with van der Waals surface area (Å²) in [5.74, 6) is -1.56. The minimum absolute atomic E-state index is 0.0252. The van der Waals surface area contributed by atoms with E-state index in [1.807, 2.05) is 33.8 Å². The first-order valence-electron chi connectivity index (χ1n) is 11.2. The third-order valence-corrected chi connectivity index (χ3v) is 5.76. The first kappa shape index (κ1) is 25.0. The molecule has 3 rings (SSSR count). The van der Waals surface area contributed by atoms with E-state index in [0.717, 1.165) is 5.56 Å². The number of rotatable bonds is 6. The highest BCUT2D eigenvalue weighted by molar-refractivity contribution is 6.46. The Hall–Kier alpha value is -3.61. The van der Waals surface area contributed by atoms with Crippen LogP contribution in [0.25, 0.3) is 5.76 Å². The molecule has 1 atom stereocenters. The number of aliphatic hydroxyl groups is 1. The topological polar surface area (TPSA) is 93.1 Å². The van der Waals surface area contributed by atoms with Crippen LogP contribution < -0.4 is 9.47 Å². The first-order chi connectivity index (χ1) is 16.0. The Balaban J connectivity index is 2.26. The van der Waals surface area contributed by atoms with Gasteiger partial charge >= 0.3 is 5.97 Å². The number of ketones is 1. The molecule has 1 N–H and O–H groups in total. The van der Waals surface area contributed by atoms with E-state index in [9.17, 15) is 19.5 Å². The molecule has 0 bridgehead atoms. The number of esters is 1. The standard InChI is InChI=1S/C27H31NO6/c1-7-13-28-23(17-9-8-10-19(14-17)34-16(2)29)22(25(31)26(28)32)24(30)20-15-18(27(3,4)5)11-12-21(20)33-6/h8-12,14-15,23,30H,7,13H2,1-6H3/b24-22+. The van der Waals surface area contributed by atoms with E-state index in [0.29, 0.717) is 35.6 Å². The number of carbonyl (C=O) groups is 3. The fraction of sp³-hybridized carbons (Fsp3) is 0.370. The van der Waals surface area contributed by atoms with Gasteiger partial charge in [0.15, 0.2) is 0 Å². The zero-order valence-corrected chi connectivity index (χ0v) is 20.5. The summed E-state index contributed by atoms with van der Waals surface area (Å²) in [6, 6.07) is 11.2. The van der Waals surface area contributed by atoms with E-state index in [-0.39, 0.29) is 16.7 Å². The lowest BCUT2D eigenvalue weighted by Crippen LogP contribution is -2.30. The number of hydrogen-bond donors (Lipinski definition) is 1. The largest absolute Gasteiger partial charge is 0.507 e. The SMILES string of the molecule is CCCN1C(=O)C(=O)/C(=C(/O)c2cc(C(C)(C)C)ccc2OC)C1c1cccc(OC(C)=O)c1. The summed E-state index contributed by atoms with van der Waals surface area (Å²) in [4.78, 5) is 39.1. The number of carbonyl (C=O) groups excluding carboxylic acids is 3. The highest BCUT2D eigenvalue weighted by Gasteiger charge is 2.46. The van der Waals surface area contributed by atoms with Gasteiger partial charge in [-0.15, -0.1) is 0 Å². The Kier molecular flexibility index (Phi) is 7.15. The van der Waals surface area contributed by atoms with Gasteiger partial charge in [0, 0.05) is 13.5 Å². The molecule has 7 nitrogen and oxygen atoms in total. The third kappa shape index (κ3) is 4.83. The number of Topliss-reactive ketones (excluding diaryl/α,β-unsaturated/α-hetero) is 1. The van der Waals surface area contributed by atoms with Crippen LogP contribution in [-0.2, 0) is 19.8 Å². The molecule has 180 valence electrons. The molecule has 0 radical (unpaired) electrons. The minimum Gasteiger partial charge on any atom is -0.507 e. The summed E-state index contributed by atoms with van der Waals surface area (Å²) in [6.45, 7) is 9.65. The molecule has 1 saturated heterocycles. The van der Waals surface area contributed by atoms with E-state index < -0.39 is 23.7 Å². The second kappa shape index (κ2) is 9.71. The summed E-state index contributed by atoms with van der Waals surface area (Å²) in [5.41, 5.74) is 1.59. The van der Waals surface area contributed by atoms with Crippen molar-refractivity contribution in [1.29, 1.82) is 0 Å². The normalized spacial score (nSPS) is 17.7. The van der Waals surface area contributed by atoms with E-state index in [1.165, 1.54) is 18.9 Å². The number of ether oxygens (including phenoxy) is 2. The quantitative estimate of drug-likeness (QED) is 0.218. The van der Waals surface area contributed by atoms with E-state index in [2.05, 4.69) is 0 Å². The molecule has 2 aromatic rings. The molecular weight excluding hydrogens is 434 g/mol. The van der Waals surface area contributed by atoms with Gasteiger partial charge in [-0.05, 0) is 47.2 Å². The number of aliphatic hydroxyl groups excluding tert-OH is 1. The fourth-order valence-corrected chi connectivity index (χ4v) is 4.12. The zero-order valence-electron chi connectivity index (χ0n) is 20.5. The van der Waals surface area contributed by atoms with Crippen molar-refractivity contribution >= 4 is 23.4 Å². The minimum atomic E-state index is -0.835. The second-order valence-electron chi connectivity index (χ2n) is 9.32. The summed E-state index contributed by atoms with van der Waals surface area (Å²) in [6.07, 6.45) is 0.621. The van der Waals surface area contributed by atoms with Gasteiger partial charge in [-0.3, -0.25) is 14.4 Å². The molecule has 1 aliphatic rings. The summed E-state index contributed by atoms with van der Waals surface area (Å²) in [5, 5.41) is 11.5. The van der Waals surface area contributed by atoms with Gasteiger partial charge in [0.05, 0.1) is 24.3 Å². The van der Waals surface area contributed by atoms with Crippen molar-refractivity contribution in [2.75, 3.05) is 13.7 Å². The Morgan fingerprint density at radius 1 is 1.12 bits per heavy atom. The zero-order chi connectivity index (χ0) is 25.2. The molecule has 7 heteroatoms. The van der Waals surface area contributed by atoms with Crippen LogP contribution in [-0.4, -0.2) is 41.3 Å². The highest BCUT2D eigenvalue weighted by Crippen LogP contribution is 2.42. The summed E-state index contributed by atoms with van der Waals surface area (Å²) < 4.78 is 10.7.